The SMILES string of the molecule is COc1ccc(C(=O)NN=Cc2ccc(N(C)C)cc2)cc1. The van der Waals surface area contributed by atoms with Crippen LogP contribution in [0.3, 0.4) is 0 Å². The largest absolute Gasteiger partial charge is 0.497 e. The Balaban J connectivity index is 1.94. The fraction of sp³-hybridized carbons (Fsp3) is 0.176. The molecule has 5 heteroatoms. The van der Waals surface area contributed by atoms with Crippen molar-refractivity contribution in [3.63, 3.8) is 0 Å². The number of hydrogen-bond donors (Lipinski definition) is 1. The molecule has 114 valence electrons. The highest BCUT2D eigenvalue weighted by molar-refractivity contribution is 5.95. The van der Waals surface area contributed by atoms with Crippen LogP contribution in [0.5, 0.6) is 5.75 Å². The second kappa shape index (κ2) is 7.26. The van der Waals surface area contributed by atoms with E-state index in [0.717, 1.165) is 11.3 Å². The third-order valence-corrected chi connectivity index (χ3v) is 3.14. The summed E-state index contributed by atoms with van der Waals surface area (Å²) in [6.45, 7) is 0. The zero-order valence-corrected chi connectivity index (χ0v) is 12.9. The number of anilines is 1. The molecule has 0 fully saturated rings. The number of benzene rings is 2. The minimum Gasteiger partial charge on any atom is -0.497 e. The Morgan fingerprint density at radius 2 is 1.73 bits per heavy atom. The molecule has 1 N–H and O–H groups in total. The van der Waals surface area contributed by atoms with Crippen molar-refractivity contribution >= 4 is 17.8 Å². The molecule has 2 aromatic rings. The Kier molecular flexibility index (Phi) is 5.14. The lowest BCUT2D eigenvalue weighted by atomic mass is 10.2. The quantitative estimate of drug-likeness (QED) is 0.681. The number of hydrazone groups is 1. The third-order valence-electron chi connectivity index (χ3n) is 3.14. The lowest BCUT2D eigenvalue weighted by Gasteiger charge is -2.11. The van der Waals surface area contributed by atoms with E-state index in [2.05, 4.69) is 10.5 Å². The molecule has 2 aromatic carbocycles. The number of carbonyl (C=O) groups excluding carboxylic acids is 1. The van der Waals surface area contributed by atoms with Crippen LogP contribution in [0, 0.1) is 0 Å². The summed E-state index contributed by atoms with van der Waals surface area (Å²) >= 11 is 0. The smallest absolute Gasteiger partial charge is 0.271 e. The molecule has 0 bridgehead atoms. The van der Waals surface area contributed by atoms with Gasteiger partial charge in [-0.05, 0) is 42.0 Å². The number of ether oxygens (including phenoxy) is 1. The van der Waals surface area contributed by atoms with E-state index < -0.39 is 0 Å². The molecule has 0 unspecified atom stereocenters. The van der Waals surface area contributed by atoms with Gasteiger partial charge in [0.25, 0.3) is 5.91 Å². The van der Waals surface area contributed by atoms with Gasteiger partial charge < -0.3 is 9.64 Å². The van der Waals surface area contributed by atoms with Crippen LogP contribution in [0.25, 0.3) is 0 Å². The van der Waals surface area contributed by atoms with Gasteiger partial charge in [0, 0.05) is 25.3 Å². The predicted octanol–water partition coefficient (Wildman–Crippen LogP) is 2.53. The van der Waals surface area contributed by atoms with Crippen molar-refractivity contribution in [1.82, 2.24) is 5.43 Å². The number of methoxy groups -OCH3 is 1. The van der Waals surface area contributed by atoms with Crippen molar-refractivity contribution in [2.45, 2.75) is 0 Å². The zero-order chi connectivity index (χ0) is 15.9. The Morgan fingerprint density at radius 3 is 2.27 bits per heavy atom. The predicted molar refractivity (Wildman–Crippen MR) is 88.8 cm³/mol. The van der Waals surface area contributed by atoms with Crippen LogP contribution in [0.15, 0.2) is 53.6 Å². The minimum atomic E-state index is -0.260. The molecule has 0 saturated carbocycles. The van der Waals surface area contributed by atoms with Gasteiger partial charge in [-0.2, -0.15) is 5.10 Å². The fourth-order valence-corrected chi connectivity index (χ4v) is 1.83. The Labute approximate surface area is 130 Å². The second-order valence-corrected chi connectivity index (χ2v) is 4.91. The van der Waals surface area contributed by atoms with E-state index in [0.29, 0.717) is 11.3 Å². The number of nitrogens with one attached hydrogen (secondary N) is 1. The summed E-state index contributed by atoms with van der Waals surface area (Å²) in [4.78, 5) is 13.9. The first-order valence-electron chi connectivity index (χ1n) is 6.85. The minimum absolute atomic E-state index is 0.260. The van der Waals surface area contributed by atoms with E-state index in [4.69, 9.17) is 4.74 Å². The lowest BCUT2D eigenvalue weighted by molar-refractivity contribution is 0.0955. The van der Waals surface area contributed by atoms with Crippen LogP contribution in [-0.2, 0) is 0 Å². The van der Waals surface area contributed by atoms with Crippen LogP contribution < -0.4 is 15.1 Å². The maximum Gasteiger partial charge on any atom is 0.271 e. The van der Waals surface area contributed by atoms with E-state index in [1.165, 1.54) is 0 Å². The number of carbonyl (C=O) groups is 1. The average molecular weight is 297 g/mol. The average Bonchev–Trinajstić information content (AvgIpc) is 2.55. The van der Waals surface area contributed by atoms with Crippen molar-refractivity contribution in [3.05, 3.63) is 59.7 Å². The van der Waals surface area contributed by atoms with Gasteiger partial charge >= 0.3 is 0 Å². The van der Waals surface area contributed by atoms with Crippen LogP contribution >= 0.6 is 0 Å². The van der Waals surface area contributed by atoms with Gasteiger partial charge in [0.2, 0.25) is 0 Å². The maximum atomic E-state index is 11.9. The van der Waals surface area contributed by atoms with Gasteiger partial charge in [0.15, 0.2) is 0 Å². The maximum absolute atomic E-state index is 11.9. The van der Waals surface area contributed by atoms with Crippen LogP contribution in [0.4, 0.5) is 5.69 Å². The number of nitrogens with zero attached hydrogens (tertiary/aromatic N) is 2. The molecule has 5 nitrogen and oxygen atoms in total. The van der Waals surface area contributed by atoms with Gasteiger partial charge in [0.1, 0.15) is 5.75 Å². The summed E-state index contributed by atoms with van der Waals surface area (Å²) in [6, 6.07) is 14.7. The molecular formula is C17H19N3O2. The van der Waals surface area contributed by atoms with E-state index in [9.17, 15) is 4.79 Å². The van der Waals surface area contributed by atoms with E-state index in [1.54, 1.807) is 37.6 Å². The Hall–Kier alpha value is -2.82. The van der Waals surface area contributed by atoms with Gasteiger partial charge in [0.05, 0.1) is 13.3 Å². The molecule has 0 saturated heterocycles. The molecule has 0 radical (unpaired) electrons. The summed E-state index contributed by atoms with van der Waals surface area (Å²) in [5.74, 6) is 0.449. The molecule has 0 heterocycles. The molecular weight excluding hydrogens is 278 g/mol. The molecule has 0 spiro atoms. The standard InChI is InChI=1S/C17H19N3O2/c1-20(2)15-8-4-13(5-9-15)12-18-19-17(21)14-6-10-16(22-3)11-7-14/h4-12H,1-3H3,(H,19,21). The van der Waals surface area contributed by atoms with E-state index >= 15 is 0 Å². The van der Waals surface area contributed by atoms with Gasteiger partial charge in [-0.25, -0.2) is 5.43 Å². The molecule has 0 aliphatic heterocycles. The molecule has 2 rings (SSSR count). The van der Waals surface area contributed by atoms with Crippen molar-refractivity contribution in [1.29, 1.82) is 0 Å². The topological polar surface area (TPSA) is 53.9 Å². The van der Waals surface area contributed by atoms with Gasteiger partial charge in [-0.15, -0.1) is 0 Å². The normalized spacial score (nSPS) is 10.5. The molecule has 0 aliphatic rings. The number of rotatable bonds is 5. The molecule has 1 amide bonds. The van der Waals surface area contributed by atoms with Crippen molar-refractivity contribution in [2.75, 3.05) is 26.1 Å². The highest BCUT2D eigenvalue weighted by Crippen LogP contribution is 2.12. The number of amides is 1. The first-order chi connectivity index (χ1) is 10.6. The molecule has 0 atom stereocenters. The summed E-state index contributed by atoms with van der Waals surface area (Å²) in [5, 5.41) is 3.97. The van der Waals surface area contributed by atoms with Crippen LogP contribution in [0.2, 0.25) is 0 Å². The highest BCUT2D eigenvalue weighted by atomic mass is 16.5. The first-order valence-corrected chi connectivity index (χ1v) is 6.85. The highest BCUT2D eigenvalue weighted by Gasteiger charge is 2.03. The summed E-state index contributed by atoms with van der Waals surface area (Å²) in [5.41, 5.74) is 5.06. The van der Waals surface area contributed by atoms with Crippen molar-refractivity contribution in [3.8, 4) is 5.75 Å². The van der Waals surface area contributed by atoms with Gasteiger partial charge in [-0.1, -0.05) is 12.1 Å². The summed E-state index contributed by atoms with van der Waals surface area (Å²) in [6.07, 6.45) is 1.61. The Morgan fingerprint density at radius 1 is 1.09 bits per heavy atom. The van der Waals surface area contributed by atoms with Crippen LogP contribution in [-0.4, -0.2) is 33.3 Å². The molecule has 0 aliphatic carbocycles. The lowest BCUT2D eigenvalue weighted by Crippen LogP contribution is -2.17. The summed E-state index contributed by atoms with van der Waals surface area (Å²) in [7, 11) is 5.55. The fourth-order valence-electron chi connectivity index (χ4n) is 1.83. The van der Waals surface area contributed by atoms with Crippen LogP contribution in [0.1, 0.15) is 15.9 Å². The van der Waals surface area contributed by atoms with Crippen molar-refractivity contribution in [2.24, 2.45) is 5.10 Å². The summed E-state index contributed by atoms with van der Waals surface area (Å²) < 4.78 is 5.05. The zero-order valence-electron chi connectivity index (χ0n) is 12.9. The van der Waals surface area contributed by atoms with E-state index in [1.807, 2.05) is 43.3 Å². The van der Waals surface area contributed by atoms with Gasteiger partial charge in [-0.3, -0.25) is 4.79 Å². The second-order valence-electron chi connectivity index (χ2n) is 4.91. The van der Waals surface area contributed by atoms with E-state index in [-0.39, 0.29) is 5.91 Å². The monoisotopic (exact) mass is 297 g/mol. The Bertz CT molecular complexity index is 647. The number of hydrogen-bond acceptors (Lipinski definition) is 4. The molecule has 0 aromatic heterocycles. The first kappa shape index (κ1) is 15.6. The third kappa shape index (κ3) is 4.09. The molecule has 22 heavy (non-hydrogen) atoms. The van der Waals surface area contributed by atoms with Crippen molar-refractivity contribution < 1.29 is 9.53 Å².